The molecule has 0 unspecified atom stereocenters. The lowest BCUT2D eigenvalue weighted by atomic mass is 10.1. The first-order valence-electron chi connectivity index (χ1n) is 9.22. The molecule has 0 atom stereocenters. The van der Waals surface area contributed by atoms with Crippen LogP contribution in [-0.2, 0) is 0 Å². The molecule has 8 nitrogen and oxygen atoms in total. The van der Waals surface area contributed by atoms with Gasteiger partial charge in [-0.2, -0.15) is 10.2 Å². The van der Waals surface area contributed by atoms with Gasteiger partial charge in [0.05, 0.1) is 17.1 Å². The quantitative estimate of drug-likeness (QED) is 0.544. The summed E-state index contributed by atoms with van der Waals surface area (Å²) >= 11 is 0. The van der Waals surface area contributed by atoms with E-state index in [1.54, 1.807) is 43.3 Å². The van der Waals surface area contributed by atoms with Crippen LogP contribution in [0.25, 0.3) is 10.8 Å². The van der Waals surface area contributed by atoms with Crippen LogP contribution in [0.4, 0.5) is 0 Å². The third-order valence-electron chi connectivity index (χ3n) is 4.65. The molecular weight excluding hydrogens is 372 g/mol. The maximum absolute atomic E-state index is 12.8. The topological polar surface area (TPSA) is 94.8 Å². The Morgan fingerprint density at radius 3 is 2.62 bits per heavy atom. The van der Waals surface area contributed by atoms with Crippen LogP contribution in [0.3, 0.4) is 0 Å². The number of nitrogens with one attached hydrogen (secondary N) is 1. The van der Waals surface area contributed by atoms with Gasteiger partial charge in [-0.15, -0.1) is 0 Å². The SMILES string of the molecule is C/C(=N/NC(=O)c1nn(C(C)C)c(=O)c2ccccc12)c1ccc2c(c1)OCO2. The summed E-state index contributed by atoms with van der Waals surface area (Å²) in [5.74, 6) is 0.827. The average molecular weight is 392 g/mol. The van der Waals surface area contributed by atoms with Gasteiger partial charge in [-0.3, -0.25) is 9.59 Å². The van der Waals surface area contributed by atoms with Crippen molar-refractivity contribution in [1.82, 2.24) is 15.2 Å². The Bertz CT molecular complexity index is 1200. The molecule has 1 aliphatic rings. The third-order valence-corrected chi connectivity index (χ3v) is 4.65. The predicted octanol–water partition coefficient (Wildman–Crippen LogP) is 2.86. The van der Waals surface area contributed by atoms with Crippen LogP contribution < -0.4 is 20.5 Å². The van der Waals surface area contributed by atoms with Crippen LogP contribution in [0.15, 0.2) is 52.4 Å². The highest BCUT2D eigenvalue weighted by Crippen LogP contribution is 2.32. The van der Waals surface area contributed by atoms with Crippen molar-refractivity contribution in [3.8, 4) is 11.5 Å². The van der Waals surface area contributed by atoms with Gasteiger partial charge in [-0.25, -0.2) is 10.1 Å². The standard InChI is InChI=1S/C21H20N4O4/c1-12(2)25-21(27)16-7-5-4-6-15(16)19(24-25)20(26)23-22-13(3)14-8-9-17-18(10-14)29-11-28-17/h4-10,12H,11H2,1-3H3,(H,23,26)/b22-13-. The minimum Gasteiger partial charge on any atom is -0.454 e. The number of fused-ring (bicyclic) bond motifs is 2. The van der Waals surface area contributed by atoms with Crippen molar-refractivity contribution >= 4 is 22.4 Å². The molecule has 1 N–H and O–H groups in total. The second-order valence-electron chi connectivity index (χ2n) is 6.94. The fourth-order valence-electron chi connectivity index (χ4n) is 3.10. The molecule has 0 aliphatic carbocycles. The van der Waals surface area contributed by atoms with Crippen LogP contribution in [0.2, 0.25) is 0 Å². The number of hydrogen-bond acceptors (Lipinski definition) is 6. The highest BCUT2D eigenvalue weighted by molar-refractivity contribution is 6.06. The van der Waals surface area contributed by atoms with Crippen molar-refractivity contribution in [3.63, 3.8) is 0 Å². The van der Waals surface area contributed by atoms with Crippen molar-refractivity contribution in [1.29, 1.82) is 0 Å². The molecule has 0 radical (unpaired) electrons. The Morgan fingerprint density at radius 2 is 1.86 bits per heavy atom. The van der Waals surface area contributed by atoms with Crippen LogP contribution in [0.1, 0.15) is 42.9 Å². The molecule has 1 aliphatic heterocycles. The summed E-state index contributed by atoms with van der Waals surface area (Å²) in [6.07, 6.45) is 0. The number of benzene rings is 2. The predicted molar refractivity (Wildman–Crippen MR) is 109 cm³/mol. The molecule has 0 spiro atoms. The van der Waals surface area contributed by atoms with E-state index in [2.05, 4.69) is 15.6 Å². The van der Waals surface area contributed by atoms with E-state index in [4.69, 9.17) is 9.47 Å². The molecule has 4 rings (SSSR count). The highest BCUT2D eigenvalue weighted by Gasteiger charge is 2.18. The number of aromatic nitrogens is 2. The zero-order chi connectivity index (χ0) is 20.5. The summed E-state index contributed by atoms with van der Waals surface area (Å²) < 4.78 is 12.0. The minimum absolute atomic E-state index is 0.149. The van der Waals surface area contributed by atoms with E-state index < -0.39 is 5.91 Å². The van der Waals surface area contributed by atoms with Gasteiger partial charge in [-0.1, -0.05) is 18.2 Å². The van der Waals surface area contributed by atoms with Crippen LogP contribution in [0, 0.1) is 0 Å². The van der Waals surface area contributed by atoms with E-state index in [1.165, 1.54) is 4.68 Å². The van der Waals surface area contributed by atoms with E-state index in [0.717, 1.165) is 5.56 Å². The van der Waals surface area contributed by atoms with Gasteiger partial charge in [0.25, 0.3) is 11.5 Å². The molecule has 1 amide bonds. The first-order chi connectivity index (χ1) is 14.0. The molecule has 0 fully saturated rings. The van der Waals surface area contributed by atoms with E-state index >= 15 is 0 Å². The van der Waals surface area contributed by atoms with E-state index in [0.29, 0.717) is 28.0 Å². The molecule has 0 saturated heterocycles. The maximum atomic E-state index is 12.8. The maximum Gasteiger partial charge on any atom is 0.292 e. The van der Waals surface area contributed by atoms with Gasteiger partial charge in [0.15, 0.2) is 17.2 Å². The van der Waals surface area contributed by atoms with Crippen LogP contribution >= 0.6 is 0 Å². The van der Waals surface area contributed by atoms with Gasteiger partial charge < -0.3 is 9.47 Å². The minimum atomic E-state index is -0.490. The summed E-state index contributed by atoms with van der Waals surface area (Å²) in [7, 11) is 0. The molecule has 8 heteroatoms. The summed E-state index contributed by atoms with van der Waals surface area (Å²) in [6.45, 7) is 5.65. The fraction of sp³-hybridized carbons (Fsp3) is 0.238. The summed E-state index contributed by atoms with van der Waals surface area (Å²) in [5, 5.41) is 9.41. The Morgan fingerprint density at radius 1 is 1.14 bits per heavy atom. The van der Waals surface area contributed by atoms with E-state index in [9.17, 15) is 9.59 Å². The second kappa shape index (κ2) is 7.38. The number of rotatable bonds is 4. The molecule has 0 bridgehead atoms. The average Bonchev–Trinajstić information content (AvgIpc) is 3.20. The third kappa shape index (κ3) is 3.44. The fourth-order valence-corrected chi connectivity index (χ4v) is 3.10. The normalized spacial score (nSPS) is 13.2. The summed E-state index contributed by atoms with van der Waals surface area (Å²) in [5.41, 5.74) is 3.85. The molecule has 29 heavy (non-hydrogen) atoms. The lowest BCUT2D eigenvalue weighted by molar-refractivity contribution is 0.0949. The number of ether oxygens (including phenoxy) is 2. The number of hydrazone groups is 1. The zero-order valence-electron chi connectivity index (χ0n) is 16.3. The largest absolute Gasteiger partial charge is 0.454 e. The number of carbonyl (C=O) groups is 1. The Hall–Kier alpha value is -3.68. The van der Waals surface area contributed by atoms with E-state index in [-0.39, 0.29) is 24.1 Å². The molecule has 1 aromatic heterocycles. The number of nitrogens with zero attached hydrogens (tertiary/aromatic N) is 3. The summed E-state index contributed by atoms with van der Waals surface area (Å²) in [6, 6.07) is 12.2. The smallest absolute Gasteiger partial charge is 0.292 e. The number of hydrogen-bond donors (Lipinski definition) is 1. The lowest BCUT2D eigenvalue weighted by Crippen LogP contribution is -2.30. The number of amides is 1. The molecule has 0 saturated carbocycles. The van der Waals surface area contributed by atoms with Crippen molar-refractivity contribution in [2.45, 2.75) is 26.8 Å². The van der Waals surface area contributed by atoms with E-state index in [1.807, 2.05) is 19.9 Å². The Kier molecular flexibility index (Phi) is 4.75. The molecule has 148 valence electrons. The molecule has 2 heterocycles. The van der Waals surface area contributed by atoms with Gasteiger partial charge in [0, 0.05) is 10.9 Å². The highest BCUT2D eigenvalue weighted by atomic mass is 16.7. The van der Waals surface area contributed by atoms with Crippen molar-refractivity contribution in [3.05, 3.63) is 64.1 Å². The Balaban J connectivity index is 1.66. The molecular formula is C21H20N4O4. The van der Waals surface area contributed by atoms with Crippen molar-refractivity contribution < 1.29 is 14.3 Å². The lowest BCUT2D eigenvalue weighted by Gasteiger charge is -2.12. The first kappa shape index (κ1) is 18.7. The van der Waals surface area contributed by atoms with Crippen molar-refractivity contribution in [2.24, 2.45) is 5.10 Å². The second-order valence-corrected chi connectivity index (χ2v) is 6.94. The monoisotopic (exact) mass is 392 g/mol. The Labute approximate surface area is 166 Å². The zero-order valence-corrected chi connectivity index (χ0v) is 16.3. The molecule has 3 aromatic rings. The summed E-state index contributed by atoms with van der Waals surface area (Å²) in [4.78, 5) is 25.4. The van der Waals surface area contributed by atoms with Gasteiger partial charge >= 0.3 is 0 Å². The van der Waals surface area contributed by atoms with Crippen molar-refractivity contribution in [2.75, 3.05) is 6.79 Å². The van der Waals surface area contributed by atoms with Gasteiger partial charge in [-0.05, 0) is 45.0 Å². The van der Waals surface area contributed by atoms with Gasteiger partial charge in [0.2, 0.25) is 6.79 Å². The molecule has 2 aromatic carbocycles. The van der Waals surface area contributed by atoms with Gasteiger partial charge in [0.1, 0.15) is 0 Å². The van der Waals surface area contributed by atoms with Crippen LogP contribution in [-0.4, -0.2) is 28.2 Å². The van der Waals surface area contributed by atoms with Crippen LogP contribution in [0.5, 0.6) is 11.5 Å². The number of carbonyl (C=O) groups excluding carboxylic acids is 1. The first-order valence-corrected chi connectivity index (χ1v) is 9.22.